The lowest BCUT2D eigenvalue weighted by molar-refractivity contribution is 0.316. The summed E-state index contributed by atoms with van der Waals surface area (Å²) < 4.78 is 26.7. The highest BCUT2D eigenvalue weighted by molar-refractivity contribution is 7.89. The van der Waals surface area contributed by atoms with Gasteiger partial charge < -0.3 is 5.32 Å². The standard InChI is InChI=1S/C13H23N3O2S/c1-6-15-12-7-8-14-9-13(12)19(17,18)16(5)11(4)10(2)3/h7-11H,6H2,1-5H3,(H,14,15). The number of sulfonamides is 1. The Bertz CT molecular complexity index is 514. The van der Waals surface area contributed by atoms with E-state index in [9.17, 15) is 8.42 Å². The summed E-state index contributed by atoms with van der Waals surface area (Å²) in [6.45, 7) is 8.51. The number of pyridine rings is 1. The van der Waals surface area contributed by atoms with Gasteiger partial charge in [-0.15, -0.1) is 0 Å². The van der Waals surface area contributed by atoms with E-state index in [4.69, 9.17) is 0 Å². The molecule has 0 aliphatic rings. The van der Waals surface area contributed by atoms with Crippen molar-refractivity contribution in [1.29, 1.82) is 0 Å². The van der Waals surface area contributed by atoms with Crippen molar-refractivity contribution in [2.75, 3.05) is 18.9 Å². The zero-order valence-corrected chi connectivity index (χ0v) is 13.0. The SMILES string of the molecule is CCNc1ccncc1S(=O)(=O)N(C)C(C)C(C)C. The maximum Gasteiger partial charge on any atom is 0.246 e. The molecule has 0 amide bonds. The first-order valence-electron chi connectivity index (χ1n) is 6.48. The summed E-state index contributed by atoms with van der Waals surface area (Å²) in [4.78, 5) is 4.16. The first-order chi connectivity index (χ1) is 8.82. The van der Waals surface area contributed by atoms with Gasteiger partial charge in [0.05, 0.1) is 5.69 Å². The van der Waals surface area contributed by atoms with E-state index in [0.29, 0.717) is 12.2 Å². The molecule has 1 unspecified atom stereocenters. The molecule has 0 fully saturated rings. The second-order valence-electron chi connectivity index (χ2n) is 4.91. The fraction of sp³-hybridized carbons (Fsp3) is 0.615. The predicted molar refractivity (Wildman–Crippen MR) is 77.6 cm³/mol. The van der Waals surface area contributed by atoms with Crippen LogP contribution in [0.25, 0.3) is 0 Å². The fourth-order valence-corrected chi connectivity index (χ4v) is 3.32. The summed E-state index contributed by atoms with van der Waals surface area (Å²) in [7, 11) is -1.91. The van der Waals surface area contributed by atoms with Gasteiger partial charge in [0.15, 0.2) is 0 Å². The van der Waals surface area contributed by atoms with Crippen molar-refractivity contribution in [2.45, 2.75) is 38.6 Å². The molecule has 1 rings (SSSR count). The van der Waals surface area contributed by atoms with Crippen LogP contribution in [-0.4, -0.2) is 37.3 Å². The molecule has 1 aromatic rings. The molecule has 108 valence electrons. The van der Waals surface area contributed by atoms with Crippen molar-refractivity contribution in [3.05, 3.63) is 18.5 Å². The highest BCUT2D eigenvalue weighted by atomic mass is 32.2. The normalized spacial score (nSPS) is 13.8. The molecule has 19 heavy (non-hydrogen) atoms. The number of rotatable bonds is 6. The monoisotopic (exact) mass is 285 g/mol. The first kappa shape index (κ1) is 15.9. The molecule has 0 aliphatic carbocycles. The number of aromatic nitrogens is 1. The molecule has 1 N–H and O–H groups in total. The summed E-state index contributed by atoms with van der Waals surface area (Å²) in [6, 6.07) is 1.62. The van der Waals surface area contributed by atoms with Gasteiger partial charge in [-0.05, 0) is 25.8 Å². The Morgan fingerprint density at radius 3 is 2.53 bits per heavy atom. The zero-order valence-electron chi connectivity index (χ0n) is 12.2. The number of nitrogens with one attached hydrogen (secondary N) is 1. The molecule has 1 aromatic heterocycles. The fourth-order valence-electron chi connectivity index (χ4n) is 1.72. The molecule has 0 saturated heterocycles. The summed E-state index contributed by atoms with van der Waals surface area (Å²) in [5.74, 6) is 0.249. The van der Waals surface area contributed by atoms with Gasteiger partial charge in [-0.2, -0.15) is 4.31 Å². The van der Waals surface area contributed by atoms with E-state index in [1.165, 1.54) is 10.5 Å². The van der Waals surface area contributed by atoms with Crippen LogP contribution < -0.4 is 5.32 Å². The minimum absolute atomic E-state index is 0.0697. The Morgan fingerprint density at radius 1 is 1.37 bits per heavy atom. The molecular formula is C13H23N3O2S. The molecule has 0 spiro atoms. The third-order valence-corrected chi connectivity index (χ3v) is 5.32. The molecule has 6 heteroatoms. The number of anilines is 1. The van der Waals surface area contributed by atoms with E-state index in [0.717, 1.165) is 0 Å². The van der Waals surface area contributed by atoms with Gasteiger partial charge in [0.25, 0.3) is 0 Å². The zero-order chi connectivity index (χ0) is 14.6. The average Bonchev–Trinajstić information content (AvgIpc) is 2.37. The van der Waals surface area contributed by atoms with Crippen LogP contribution >= 0.6 is 0 Å². The number of hydrogen-bond donors (Lipinski definition) is 1. The van der Waals surface area contributed by atoms with E-state index in [1.54, 1.807) is 19.3 Å². The Labute approximate surface area is 116 Å². The van der Waals surface area contributed by atoms with E-state index in [1.807, 2.05) is 27.7 Å². The second-order valence-corrected chi connectivity index (χ2v) is 6.87. The Kier molecular flexibility index (Phi) is 5.31. The van der Waals surface area contributed by atoms with Crippen molar-refractivity contribution in [3.8, 4) is 0 Å². The third kappa shape index (κ3) is 3.45. The molecule has 0 saturated carbocycles. The van der Waals surface area contributed by atoms with Crippen LogP contribution in [0.2, 0.25) is 0 Å². The van der Waals surface area contributed by atoms with Crippen molar-refractivity contribution in [1.82, 2.24) is 9.29 Å². The van der Waals surface area contributed by atoms with Crippen LogP contribution in [-0.2, 0) is 10.0 Å². The van der Waals surface area contributed by atoms with E-state index < -0.39 is 10.0 Å². The Balaban J connectivity index is 3.20. The highest BCUT2D eigenvalue weighted by Crippen LogP contribution is 2.25. The Hall–Kier alpha value is -1.14. The summed E-state index contributed by atoms with van der Waals surface area (Å²) in [5, 5.41) is 3.06. The number of hydrogen-bond acceptors (Lipinski definition) is 4. The van der Waals surface area contributed by atoms with Gasteiger partial charge in [-0.3, -0.25) is 4.98 Å². The molecule has 0 aliphatic heterocycles. The topological polar surface area (TPSA) is 62.3 Å². The minimum atomic E-state index is -3.53. The quantitative estimate of drug-likeness (QED) is 0.870. The largest absolute Gasteiger partial charge is 0.384 e. The van der Waals surface area contributed by atoms with E-state index in [2.05, 4.69) is 10.3 Å². The molecule has 1 heterocycles. The van der Waals surface area contributed by atoms with Gasteiger partial charge in [0.1, 0.15) is 4.90 Å². The maximum absolute atomic E-state index is 12.6. The molecule has 1 atom stereocenters. The first-order valence-corrected chi connectivity index (χ1v) is 7.92. The molecule has 0 bridgehead atoms. The Morgan fingerprint density at radius 2 is 2.00 bits per heavy atom. The third-order valence-electron chi connectivity index (χ3n) is 3.35. The van der Waals surface area contributed by atoms with Crippen LogP contribution in [0.3, 0.4) is 0 Å². The lowest BCUT2D eigenvalue weighted by atomic mass is 10.1. The molecule has 5 nitrogen and oxygen atoms in total. The van der Waals surface area contributed by atoms with Crippen LogP contribution in [0, 0.1) is 5.92 Å². The maximum atomic E-state index is 12.6. The van der Waals surface area contributed by atoms with Crippen molar-refractivity contribution in [2.24, 2.45) is 5.92 Å². The van der Waals surface area contributed by atoms with Gasteiger partial charge in [-0.25, -0.2) is 8.42 Å². The average molecular weight is 285 g/mol. The predicted octanol–water partition coefficient (Wildman–Crippen LogP) is 2.18. The highest BCUT2D eigenvalue weighted by Gasteiger charge is 2.29. The lowest BCUT2D eigenvalue weighted by Gasteiger charge is -2.27. The van der Waals surface area contributed by atoms with Crippen molar-refractivity contribution < 1.29 is 8.42 Å². The van der Waals surface area contributed by atoms with Gasteiger partial charge in [-0.1, -0.05) is 13.8 Å². The van der Waals surface area contributed by atoms with E-state index in [-0.39, 0.29) is 16.9 Å². The van der Waals surface area contributed by atoms with Crippen LogP contribution in [0.5, 0.6) is 0 Å². The van der Waals surface area contributed by atoms with E-state index >= 15 is 0 Å². The number of nitrogens with zero attached hydrogens (tertiary/aromatic N) is 2. The minimum Gasteiger partial charge on any atom is -0.384 e. The van der Waals surface area contributed by atoms with Crippen molar-refractivity contribution in [3.63, 3.8) is 0 Å². The van der Waals surface area contributed by atoms with Gasteiger partial charge in [0, 0.05) is 32.0 Å². The molecule has 0 radical (unpaired) electrons. The van der Waals surface area contributed by atoms with Gasteiger partial charge >= 0.3 is 0 Å². The smallest absolute Gasteiger partial charge is 0.246 e. The van der Waals surface area contributed by atoms with Crippen LogP contribution in [0.1, 0.15) is 27.7 Å². The second kappa shape index (κ2) is 6.34. The summed E-state index contributed by atoms with van der Waals surface area (Å²) in [6.07, 6.45) is 2.99. The van der Waals surface area contributed by atoms with Crippen LogP contribution in [0.15, 0.2) is 23.4 Å². The van der Waals surface area contributed by atoms with Gasteiger partial charge in [0.2, 0.25) is 10.0 Å². The van der Waals surface area contributed by atoms with Crippen molar-refractivity contribution >= 4 is 15.7 Å². The summed E-state index contributed by atoms with van der Waals surface area (Å²) in [5.41, 5.74) is 0.598. The van der Waals surface area contributed by atoms with Crippen LogP contribution in [0.4, 0.5) is 5.69 Å². The lowest BCUT2D eigenvalue weighted by Crippen LogP contribution is -2.38. The molecule has 0 aromatic carbocycles. The summed E-state index contributed by atoms with van der Waals surface area (Å²) >= 11 is 0. The molecular weight excluding hydrogens is 262 g/mol.